The first-order valence-electron chi connectivity index (χ1n) is 5.93. The number of carbonyl (C=O) groups excluding carboxylic acids is 2. The molecule has 0 amide bonds. The molecule has 1 rings (SSSR count). The first-order valence-corrected chi connectivity index (χ1v) is 6.31. The van der Waals surface area contributed by atoms with Crippen molar-refractivity contribution in [3.05, 3.63) is 38.4 Å². The van der Waals surface area contributed by atoms with E-state index in [4.69, 9.17) is 11.6 Å². The van der Waals surface area contributed by atoms with E-state index in [1.54, 1.807) is 0 Å². The number of aliphatic carboxylic acids is 1. The maximum Gasteiger partial charge on any atom is 0.418 e. The largest absolute Gasteiger partial charge is 0.549 e. The lowest BCUT2D eigenvalue weighted by molar-refractivity contribution is -0.386. The molecule has 0 aliphatic carbocycles. The average Bonchev–Trinajstić information content (AvgIpc) is 2.36. The fourth-order valence-corrected chi connectivity index (χ4v) is 2.04. The number of carboxylic acids is 1. The van der Waals surface area contributed by atoms with Crippen LogP contribution in [0.4, 0.5) is 18.9 Å². The number of nitro groups is 1. The van der Waals surface area contributed by atoms with Crippen molar-refractivity contribution in [1.82, 2.24) is 0 Å². The summed E-state index contributed by atoms with van der Waals surface area (Å²) < 4.78 is 42.7. The number of halogens is 4. The van der Waals surface area contributed by atoms with Crippen LogP contribution in [0.1, 0.15) is 24.0 Å². The summed E-state index contributed by atoms with van der Waals surface area (Å²) in [5.41, 5.74) is -3.62. The third-order valence-corrected chi connectivity index (χ3v) is 3.00. The minimum absolute atomic E-state index is 0.0623. The number of benzene rings is 1. The molecule has 1 aromatic rings. The Balaban J connectivity index is 3.62. The molecule has 23 heavy (non-hydrogen) atoms. The molecule has 0 N–H and O–H groups in total. The van der Waals surface area contributed by atoms with Crippen molar-refractivity contribution in [3.63, 3.8) is 0 Å². The Morgan fingerprint density at radius 2 is 1.96 bits per heavy atom. The highest BCUT2D eigenvalue weighted by molar-refractivity contribution is 6.31. The van der Waals surface area contributed by atoms with Gasteiger partial charge in [-0.15, -0.1) is 0 Å². The highest BCUT2D eigenvalue weighted by Gasteiger charge is 2.38. The van der Waals surface area contributed by atoms with E-state index in [0.717, 1.165) is 0 Å². The number of nitro benzene ring substituents is 1. The molecule has 0 aliphatic rings. The summed E-state index contributed by atoms with van der Waals surface area (Å²) in [6.07, 6.45) is -5.00. The molecule has 0 fully saturated rings. The number of alkyl halides is 3. The lowest BCUT2D eigenvalue weighted by Crippen LogP contribution is -2.36. The zero-order valence-electron chi connectivity index (χ0n) is 11.3. The van der Waals surface area contributed by atoms with Gasteiger partial charge in [0.25, 0.3) is 5.69 Å². The van der Waals surface area contributed by atoms with Crippen LogP contribution in [0.2, 0.25) is 5.02 Å². The number of nitrogens with zero attached hydrogens (tertiary/aromatic N) is 1. The molecule has 1 unspecified atom stereocenters. The maximum atomic E-state index is 12.7. The van der Waals surface area contributed by atoms with Crippen molar-refractivity contribution in [2.24, 2.45) is 0 Å². The maximum absolute atomic E-state index is 12.7. The molecule has 0 saturated carbocycles. The Hall–Kier alpha value is -2.36. The summed E-state index contributed by atoms with van der Waals surface area (Å²) in [6, 6.07) is 0.465. The molecule has 0 aliphatic heterocycles. The van der Waals surface area contributed by atoms with Gasteiger partial charge in [0.05, 0.1) is 33.6 Å². The summed E-state index contributed by atoms with van der Waals surface area (Å²) in [7, 11) is 0. The Morgan fingerprint density at radius 3 is 2.35 bits per heavy atom. The van der Waals surface area contributed by atoms with Crippen LogP contribution < -0.4 is 5.11 Å². The van der Waals surface area contributed by atoms with Crippen molar-refractivity contribution >= 4 is 29.2 Å². The van der Waals surface area contributed by atoms with Gasteiger partial charge in [0, 0.05) is 6.07 Å². The van der Waals surface area contributed by atoms with Gasteiger partial charge in [-0.05, 0) is 13.0 Å². The van der Waals surface area contributed by atoms with Crippen LogP contribution in [0.3, 0.4) is 0 Å². The van der Waals surface area contributed by atoms with Crippen molar-refractivity contribution in [3.8, 4) is 0 Å². The smallest absolute Gasteiger partial charge is 0.418 e. The van der Waals surface area contributed by atoms with Gasteiger partial charge in [-0.3, -0.25) is 14.9 Å². The van der Waals surface area contributed by atoms with Crippen LogP contribution in [0.25, 0.3) is 0 Å². The standard InChI is InChI=1S/C12H9ClF3NO6/c1-2-23-11(20)9(10(18)19)5-3-7(13)6(12(14,15)16)4-8(5)17(21)22/h3-4,9H,2H2,1H3,(H,18,19)/p-1. The number of carbonyl (C=O) groups is 2. The number of esters is 1. The van der Waals surface area contributed by atoms with Gasteiger partial charge in [-0.1, -0.05) is 11.6 Å². The zero-order valence-corrected chi connectivity index (χ0v) is 12.1. The van der Waals surface area contributed by atoms with E-state index in [1.807, 2.05) is 0 Å². The van der Waals surface area contributed by atoms with Gasteiger partial charge in [0.2, 0.25) is 0 Å². The Bertz CT molecular complexity index is 661. The lowest BCUT2D eigenvalue weighted by Gasteiger charge is -2.18. The predicted octanol–water partition coefficient (Wildman–Crippen LogP) is 1.66. The lowest BCUT2D eigenvalue weighted by atomic mass is 9.95. The number of carboxylic acid groups (broad SMARTS) is 1. The molecular weight excluding hydrogens is 347 g/mol. The molecule has 7 nitrogen and oxygen atoms in total. The summed E-state index contributed by atoms with van der Waals surface area (Å²) in [6.45, 7) is 1.10. The van der Waals surface area contributed by atoms with E-state index in [9.17, 15) is 38.0 Å². The van der Waals surface area contributed by atoms with Gasteiger partial charge in [-0.2, -0.15) is 13.2 Å². The fourth-order valence-electron chi connectivity index (χ4n) is 1.76. The van der Waals surface area contributed by atoms with Crippen LogP contribution in [-0.4, -0.2) is 23.5 Å². The summed E-state index contributed by atoms with van der Waals surface area (Å²) in [4.78, 5) is 32.4. The normalized spacial score (nSPS) is 12.6. The topological polar surface area (TPSA) is 110 Å². The molecule has 1 atom stereocenters. The van der Waals surface area contributed by atoms with E-state index < -0.39 is 50.8 Å². The predicted molar refractivity (Wildman–Crippen MR) is 67.5 cm³/mol. The van der Waals surface area contributed by atoms with Crippen LogP contribution >= 0.6 is 11.6 Å². The number of hydrogen-bond donors (Lipinski definition) is 0. The van der Waals surface area contributed by atoms with Crippen LogP contribution in [0, 0.1) is 10.1 Å². The molecule has 0 spiro atoms. The average molecular weight is 355 g/mol. The minimum Gasteiger partial charge on any atom is -0.549 e. The first kappa shape index (κ1) is 18.7. The fraction of sp³-hybridized carbons (Fsp3) is 0.333. The monoisotopic (exact) mass is 354 g/mol. The van der Waals surface area contributed by atoms with E-state index in [2.05, 4.69) is 4.74 Å². The van der Waals surface area contributed by atoms with Crippen molar-refractivity contribution in [1.29, 1.82) is 0 Å². The van der Waals surface area contributed by atoms with Gasteiger partial charge in [0.15, 0.2) is 0 Å². The quantitative estimate of drug-likeness (QED) is 0.344. The third-order valence-electron chi connectivity index (χ3n) is 2.69. The zero-order chi connectivity index (χ0) is 17.9. The first-order chi connectivity index (χ1) is 10.5. The van der Waals surface area contributed by atoms with E-state index in [1.165, 1.54) is 6.92 Å². The molecular formula is C12H8ClF3NO6-. The molecule has 11 heteroatoms. The van der Waals surface area contributed by atoms with Crippen molar-refractivity contribution in [2.75, 3.05) is 6.61 Å². The molecule has 0 saturated heterocycles. The molecule has 0 bridgehead atoms. The second kappa shape index (κ2) is 6.82. The highest BCUT2D eigenvalue weighted by Crippen LogP contribution is 2.40. The molecule has 0 aromatic heterocycles. The van der Waals surface area contributed by atoms with Crippen LogP contribution in [-0.2, 0) is 20.5 Å². The summed E-state index contributed by atoms with van der Waals surface area (Å²) in [5.74, 6) is -5.76. The van der Waals surface area contributed by atoms with Gasteiger partial charge < -0.3 is 14.6 Å². The molecule has 0 heterocycles. The minimum atomic E-state index is -5.00. The second-order valence-electron chi connectivity index (χ2n) is 4.15. The Kier molecular flexibility index (Phi) is 5.54. The summed E-state index contributed by atoms with van der Waals surface area (Å²) in [5, 5.41) is 21.0. The molecule has 126 valence electrons. The SMILES string of the molecule is CCOC(=O)C(C(=O)[O-])c1cc(Cl)c(C(F)(F)F)cc1[N+](=O)[O-]. The number of hydrogen-bond acceptors (Lipinski definition) is 6. The van der Waals surface area contributed by atoms with Gasteiger partial charge in [0.1, 0.15) is 5.92 Å². The van der Waals surface area contributed by atoms with Crippen molar-refractivity contribution in [2.45, 2.75) is 19.0 Å². The molecule has 0 radical (unpaired) electrons. The van der Waals surface area contributed by atoms with Gasteiger partial charge >= 0.3 is 12.1 Å². The summed E-state index contributed by atoms with van der Waals surface area (Å²) >= 11 is 5.41. The van der Waals surface area contributed by atoms with Crippen LogP contribution in [0.15, 0.2) is 12.1 Å². The molecule has 1 aromatic carbocycles. The highest BCUT2D eigenvalue weighted by atomic mass is 35.5. The number of ether oxygens (including phenoxy) is 1. The Morgan fingerprint density at radius 1 is 1.39 bits per heavy atom. The van der Waals surface area contributed by atoms with E-state index >= 15 is 0 Å². The van der Waals surface area contributed by atoms with E-state index in [0.29, 0.717) is 6.07 Å². The van der Waals surface area contributed by atoms with E-state index in [-0.39, 0.29) is 12.7 Å². The van der Waals surface area contributed by atoms with Crippen LogP contribution in [0.5, 0.6) is 0 Å². The second-order valence-corrected chi connectivity index (χ2v) is 4.56. The van der Waals surface area contributed by atoms with Gasteiger partial charge in [-0.25, -0.2) is 0 Å². The third kappa shape index (κ3) is 4.09. The van der Waals surface area contributed by atoms with Crippen molar-refractivity contribution < 1.29 is 37.5 Å². The number of rotatable bonds is 5. The Labute approximate surface area is 131 Å².